The summed E-state index contributed by atoms with van der Waals surface area (Å²) < 4.78 is 6.17. The molecule has 2 aliphatic rings. The van der Waals surface area contributed by atoms with Gasteiger partial charge in [-0.15, -0.1) is 0 Å². The van der Waals surface area contributed by atoms with Gasteiger partial charge in [-0.25, -0.2) is 4.98 Å². The molecule has 40 heavy (non-hydrogen) atoms. The Hall–Kier alpha value is -4.84. The van der Waals surface area contributed by atoms with Crippen LogP contribution in [0.25, 0.3) is 33.8 Å². The first kappa shape index (κ1) is 23.1. The van der Waals surface area contributed by atoms with E-state index in [2.05, 4.69) is 91.0 Å². The quantitative estimate of drug-likeness (QED) is 0.257. The van der Waals surface area contributed by atoms with Crippen molar-refractivity contribution in [1.82, 2.24) is 9.97 Å². The summed E-state index contributed by atoms with van der Waals surface area (Å²) in [6.07, 6.45) is 1.85. The van der Waals surface area contributed by atoms with Gasteiger partial charge in [-0.2, -0.15) is 0 Å². The van der Waals surface area contributed by atoms with Crippen LogP contribution in [0.4, 0.5) is 22.7 Å². The topological polar surface area (TPSA) is 63.0 Å². The molecule has 0 radical (unpaired) electrons. The zero-order valence-corrected chi connectivity index (χ0v) is 22.6. The molecule has 0 saturated carbocycles. The van der Waals surface area contributed by atoms with Crippen LogP contribution in [0, 0.1) is 0 Å². The second-order valence-electron chi connectivity index (χ2n) is 11.7. The molecule has 2 aromatic heterocycles. The number of fused-ring (bicyclic) bond motifs is 5. The Balaban J connectivity index is 1.35. The molecule has 6 aromatic rings. The van der Waals surface area contributed by atoms with Crippen LogP contribution in [0.3, 0.4) is 0 Å². The average molecular weight is 518 g/mol. The molecule has 0 amide bonds. The average Bonchev–Trinajstić information content (AvgIpc) is 3.41. The Kier molecular flexibility index (Phi) is 4.81. The molecule has 0 saturated heterocycles. The fourth-order valence-electron chi connectivity index (χ4n) is 6.03. The summed E-state index contributed by atoms with van der Waals surface area (Å²) in [6, 6.07) is 31.7. The number of hydrogen-bond acceptors (Lipinski definition) is 5. The van der Waals surface area contributed by atoms with Crippen molar-refractivity contribution in [2.24, 2.45) is 0 Å². The third-order valence-electron chi connectivity index (χ3n) is 8.10. The van der Waals surface area contributed by atoms with E-state index in [1.165, 1.54) is 22.0 Å². The fourth-order valence-corrected chi connectivity index (χ4v) is 6.03. The van der Waals surface area contributed by atoms with Crippen LogP contribution >= 0.6 is 0 Å². The summed E-state index contributed by atoms with van der Waals surface area (Å²) in [4.78, 5) is 9.42. The lowest BCUT2D eigenvalue weighted by atomic mass is 9.33. The van der Waals surface area contributed by atoms with E-state index < -0.39 is 0 Å². The summed E-state index contributed by atoms with van der Waals surface area (Å²) >= 11 is 0. The molecule has 2 aliphatic heterocycles. The Morgan fingerprint density at radius 1 is 0.700 bits per heavy atom. The third kappa shape index (κ3) is 3.56. The smallest absolute Gasteiger partial charge is 0.252 e. The molecule has 192 valence electrons. The molecule has 0 spiro atoms. The van der Waals surface area contributed by atoms with Crippen molar-refractivity contribution >= 4 is 57.0 Å². The standard InChI is InChI=1S/C34H27BN4O/c1-34(2,3)22-18-29-32-30(19-22)38-27-14-12-21(33-39-28-9-4-5-10-31(28)40-33)17-24(27)35(32)23-16-20(11-13-26(23)37-29)25-8-6-7-15-36-25/h4-19,37-38H,1-3H3. The predicted molar refractivity (Wildman–Crippen MR) is 165 cm³/mol. The molecule has 0 fully saturated rings. The van der Waals surface area contributed by atoms with Gasteiger partial charge in [-0.3, -0.25) is 4.98 Å². The predicted octanol–water partition coefficient (Wildman–Crippen LogP) is 6.48. The highest BCUT2D eigenvalue weighted by molar-refractivity contribution is 7.00. The maximum Gasteiger partial charge on any atom is 0.252 e. The van der Waals surface area contributed by atoms with Crippen molar-refractivity contribution in [3.63, 3.8) is 0 Å². The third-order valence-corrected chi connectivity index (χ3v) is 8.10. The lowest BCUT2D eigenvalue weighted by molar-refractivity contribution is 0.591. The molecule has 4 aromatic carbocycles. The van der Waals surface area contributed by atoms with Crippen molar-refractivity contribution in [3.05, 3.63) is 103 Å². The summed E-state index contributed by atoms with van der Waals surface area (Å²) in [5.74, 6) is 0.634. The second kappa shape index (κ2) is 8.33. The fraction of sp³-hybridized carbons (Fsp3) is 0.118. The van der Waals surface area contributed by atoms with Gasteiger partial charge >= 0.3 is 0 Å². The minimum atomic E-state index is 0.0184. The van der Waals surface area contributed by atoms with E-state index in [1.54, 1.807) is 0 Å². The molecular formula is C34H27BN4O. The van der Waals surface area contributed by atoms with Gasteiger partial charge in [0.1, 0.15) is 5.52 Å². The number of para-hydroxylation sites is 2. The van der Waals surface area contributed by atoms with Gasteiger partial charge in [-0.1, -0.05) is 57.2 Å². The molecule has 4 heterocycles. The van der Waals surface area contributed by atoms with Crippen LogP contribution < -0.4 is 27.0 Å². The van der Waals surface area contributed by atoms with Gasteiger partial charge in [0.05, 0.1) is 5.69 Å². The minimum absolute atomic E-state index is 0.0184. The van der Waals surface area contributed by atoms with Crippen LogP contribution in [0.1, 0.15) is 26.3 Å². The van der Waals surface area contributed by atoms with Gasteiger partial charge in [-0.05, 0) is 87.5 Å². The molecule has 5 nitrogen and oxygen atoms in total. The Labute approximate surface area is 233 Å². The van der Waals surface area contributed by atoms with E-state index in [9.17, 15) is 0 Å². The van der Waals surface area contributed by atoms with Crippen LogP contribution in [0.15, 0.2) is 102 Å². The number of nitrogens with one attached hydrogen (secondary N) is 2. The zero-order chi connectivity index (χ0) is 27.0. The van der Waals surface area contributed by atoms with Crippen molar-refractivity contribution in [3.8, 4) is 22.7 Å². The Bertz CT molecular complexity index is 1910. The van der Waals surface area contributed by atoms with E-state index >= 15 is 0 Å². The van der Waals surface area contributed by atoms with Crippen LogP contribution in [-0.4, -0.2) is 16.7 Å². The first-order valence-electron chi connectivity index (χ1n) is 13.7. The normalized spacial score (nSPS) is 13.2. The number of benzene rings is 4. The zero-order valence-electron chi connectivity index (χ0n) is 22.6. The van der Waals surface area contributed by atoms with Gasteiger partial charge in [0, 0.05) is 34.5 Å². The Morgan fingerprint density at radius 2 is 1.38 bits per heavy atom. The summed E-state index contributed by atoms with van der Waals surface area (Å²) in [6.45, 7) is 6.83. The molecule has 0 unspecified atom stereocenters. The lowest BCUT2D eigenvalue weighted by Gasteiger charge is -2.36. The van der Waals surface area contributed by atoms with E-state index in [0.29, 0.717) is 5.89 Å². The van der Waals surface area contributed by atoms with Crippen LogP contribution in [-0.2, 0) is 5.41 Å². The molecule has 6 heteroatoms. The van der Waals surface area contributed by atoms with E-state index in [4.69, 9.17) is 9.40 Å². The van der Waals surface area contributed by atoms with E-state index in [0.717, 1.165) is 50.7 Å². The SMILES string of the molecule is CC(C)(C)c1cc2c3c(c1)Nc1ccc(-c4nc5ccccc5o4)cc1B3c1cc(-c3ccccn3)ccc1N2. The van der Waals surface area contributed by atoms with Gasteiger partial charge in [0.2, 0.25) is 5.89 Å². The molecule has 0 atom stereocenters. The van der Waals surface area contributed by atoms with Crippen molar-refractivity contribution in [2.75, 3.05) is 10.6 Å². The number of pyridine rings is 1. The summed E-state index contributed by atoms with van der Waals surface area (Å²) in [5.41, 5.74) is 14.2. The highest BCUT2D eigenvalue weighted by atomic mass is 16.3. The number of aromatic nitrogens is 2. The van der Waals surface area contributed by atoms with E-state index in [1.807, 2.05) is 42.6 Å². The highest BCUT2D eigenvalue weighted by Gasteiger charge is 2.39. The molecule has 2 N–H and O–H groups in total. The van der Waals surface area contributed by atoms with Crippen molar-refractivity contribution in [2.45, 2.75) is 26.2 Å². The summed E-state index contributed by atoms with van der Waals surface area (Å²) in [5, 5.41) is 7.55. The van der Waals surface area contributed by atoms with Gasteiger partial charge in [0.15, 0.2) is 5.58 Å². The molecule has 0 aliphatic carbocycles. The number of anilines is 4. The first-order valence-corrected chi connectivity index (χ1v) is 13.7. The van der Waals surface area contributed by atoms with Gasteiger partial charge in [0.25, 0.3) is 6.71 Å². The minimum Gasteiger partial charge on any atom is -0.436 e. The summed E-state index contributed by atoms with van der Waals surface area (Å²) in [7, 11) is 0. The molecule has 0 bridgehead atoms. The van der Waals surface area contributed by atoms with Gasteiger partial charge < -0.3 is 15.1 Å². The monoisotopic (exact) mass is 518 g/mol. The number of oxazole rings is 1. The van der Waals surface area contributed by atoms with Crippen molar-refractivity contribution < 1.29 is 4.42 Å². The number of rotatable bonds is 2. The van der Waals surface area contributed by atoms with Crippen LogP contribution in [0.5, 0.6) is 0 Å². The van der Waals surface area contributed by atoms with Crippen molar-refractivity contribution in [1.29, 1.82) is 0 Å². The largest absolute Gasteiger partial charge is 0.436 e. The number of hydrogen-bond donors (Lipinski definition) is 2. The van der Waals surface area contributed by atoms with E-state index in [-0.39, 0.29) is 12.1 Å². The molecular weight excluding hydrogens is 491 g/mol. The maximum absolute atomic E-state index is 6.17. The van der Waals surface area contributed by atoms with Crippen LogP contribution in [0.2, 0.25) is 0 Å². The number of nitrogens with zero attached hydrogens (tertiary/aromatic N) is 2. The molecule has 8 rings (SSSR count). The maximum atomic E-state index is 6.17. The Morgan fingerprint density at radius 3 is 2.05 bits per heavy atom. The lowest BCUT2D eigenvalue weighted by Crippen LogP contribution is -2.59. The second-order valence-corrected chi connectivity index (χ2v) is 11.7. The highest BCUT2D eigenvalue weighted by Crippen LogP contribution is 2.36. The first-order chi connectivity index (χ1) is 19.4.